The molecule has 2 aromatic rings. The third-order valence-electron chi connectivity index (χ3n) is 5.19. The molecule has 144 valence electrons. The molecule has 2 heterocycles. The van der Waals surface area contributed by atoms with Gasteiger partial charge in [-0.05, 0) is 24.3 Å². The number of rotatable bonds is 5. The summed E-state index contributed by atoms with van der Waals surface area (Å²) in [7, 11) is 0. The molecule has 3 atom stereocenters. The van der Waals surface area contributed by atoms with E-state index >= 15 is 0 Å². The van der Waals surface area contributed by atoms with Gasteiger partial charge in [0, 0.05) is 18.0 Å². The molecule has 0 spiro atoms. The molecule has 28 heavy (non-hydrogen) atoms. The average molecular weight is 380 g/mol. The lowest BCUT2D eigenvalue weighted by Crippen LogP contribution is -2.43. The number of amides is 3. The summed E-state index contributed by atoms with van der Waals surface area (Å²) in [5.41, 5.74) is 1.27. The van der Waals surface area contributed by atoms with Gasteiger partial charge in [-0.1, -0.05) is 30.3 Å². The number of benzene rings is 2. The van der Waals surface area contributed by atoms with Crippen molar-refractivity contribution in [1.29, 1.82) is 0 Å². The van der Waals surface area contributed by atoms with Crippen molar-refractivity contribution in [2.75, 3.05) is 19.7 Å². The summed E-state index contributed by atoms with van der Waals surface area (Å²) in [5.74, 6) is -1.29. The highest BCUT2D eigenvalue weighted by molar-refractivity contribution is 6.21. The Hall–Kier alpha value is -3.03. The zero-order valence-electron chi connectivity index (χ0n) is 15.1. The van der Waals surface area contributed by atoms with E-state index in [4.69, 9.17) is 4.74 Å². The van der Waals surface area contributed by atoms with Crippen LogP contribution in [0.1, 0.15) is 31.1 Å². The van der Waals surface area contributed by atoms with E-state index in [0.29, 0.717) is 16.7 Å². The minimum atomic E-state index is -0.889. The van der Waals surface area contributed by atoms with Gasteiger partial charge in [0.2, 0.25) is 0 Å². The van der Waals surface area contributed by atoms with E-state index in [9.17, 15) is 19.5 Å². The van der Waals surface area contributed by atoms with Gasteiger partial charge >= 0.3 is 0 Å². The molecular formula is C21H20N2O5. The molecule has 2 N–H and O–H groups in total. The normalized spacial score (nSPS) is 23.8. The summed E-state index contributed by atoms with van der Waals surface area (Å²) >= 11 is 0. The predicted molar refractivity (Wildman–Crippen MR) is 99.8 cm³/mol. The monoisotopic (exact) mass is 380 g/mol. The zero-order chi connectivity index (χ0) is 19.7. The second-order valence-corrected chi connectivity index (χ2v) is 6.97. The number of aliphatic hydroxyl groups is 1. The Morgan fingerprint density at radius 2 is 1.64 bits per heavy atom. The molecule has 2 aliphatic heterocycles. The Morgan fingerprint density at radius 1 is 1.04 bits per heavy atom. The Labute approximate surface area is 161 Å². The predicted octanol–water partition coefficient (Wildman–Crippen LogP) is 1.09. The summed E-state index contributed by atoms with van der Waals surface area (Å²) in [6, 6.07) is 15.5. The highest BCUT2D eigenvalue weighted by atomic mass is 16.5. The van der Waals surface area contributed by atoms with Gasteiger partial charge in [0.15, 0.2) is 0 Å². The van der Waals surface area contributed by atoms with Crippen LogP contribution in [-0.2, 0) is 4.74 Å². The van der Waals surface area contributed by atoms with Crippen molar-refractivity contribution < 1.29 is 24.2 Å². The van der Waals surface area contributed by atoms with E-state index in [1.54, 1.807) is 48.5 Å². The highest BCUT2D eigenvalue weighted by Gasteiger charge is 2.42. The van der Waals surface area contributed by atoms with Gasteiger partial charge in [0.1, 0.15) is 6.10 Å². The first-order valence-corrected chi connectivity index (χ1v) is 9.14. The van der Waals surface area contributed by atoms with Crippen LogP contribution >= 0.6 is 0 Å². The van der Waals surface area contributed by atoms with Crippen molar-refractivity contribution in [3.63, 3.8) is 0 Å². The number of ether oxygens (including phenoxy) is 1. The Morgan fingerprint density at radius 3 is 2.29 bits per heavy atom. The van der Waals surface area contributed by atoms with Gasteiger partial charge in [-0.3, -0.25) is 19.3 Å². The van der Waals surface area contributed by atoms with Crippen LogP contribution in [0, 0.1) is 5.92 Å². The molecule has 4 rings (SSSR count). The summed E-state index contributed by atoms with van der Waals surface area (Å²) in [6.07, 6.45) is -1.57. The van der Waals surface area contributed by atoms with Gasteiger partial charge in [0.25, 0.3) is 17.7 Å². The second-order valence-electron chi connectivity index (χ2n) is 6.97. The van der Waals surface area contributed by atoms with E-state index in [1.165, 1.54) is 0 Å². The Bertz CT molecular complexity index is 879. The van der Waals surface area contributed by atoms with Crippen molar-refractivity contribution >= 4 is 17.7 Å². The first-order valence-electron chi connectivity index (χ1n) is 9.14. The van der Waals surface area contributed by atoms with Crippen molar-refractivity contribution in [1.82, 2.24) is 10.2 Å². The number of carbonyl (C=O) groups is 3. The van der Waals surface area contributed by atoms with Crippen LogP contribution in [-0.4, -0.2) is 59.6 Å². The summed E-state index contributed by atoms with van der Waals surface area (Å²) in [4.78, 5) is 38.2. The van der Waals surface area contributed by atoms with Crippen LogP contribution in [0.4, 0.5) is 0 Å². The lowest BCUT2D eigenvalue weighted by Gasteiger charge is -2.22. The summed E-state index contributed by atoms with van der Waals surface area (Å²) < 4.78 is 5.63. The molecule has 2 aromatic carbocycles. The lowest BCUT2D eigenvalue weighted by molar-refractivity contribution is 0.0159. The van der Waals surface area contributed by atoms with Crippen LogP contribution in [0.2, 0.25) is 0 Å². The van der Waals surface area contributed by atoms with Crippen molar-refractivity contribution in [2.24, 2.45) is 5.92 Å². The van der Waals surface area contributed by atoms with Gasteiger partial charge < -0.3 is 15.2 Å². The average Bonchev–Trinajstić information content (AvgIpc) is 3.20. The molecule has 7 nitrogen and oxygen atoms in total. The van der Waals surface area contributed by atoms with Crippen LogP contribution in [0.5, 0.6) is 0 Å². The number of nitrogens with zero attached hydrogens (tertiary/aromatic N) is 1. The molecular weight excluding hydrogens is 360 g/mol. The quantitative estimate of drug-likeness (QED) is 0.757. The van der Waals surface area contributed by atoms with Crippen molar-refractivity contribution in [3.05, 3.63) is 71.3 Å². The van der Waals surface area contributed by atoms with E-state index in [0.717, 1.165) is 4.90 Å². The number of imide groups is 1. The molecule has 2 aliphatic rings. The highest BCUT2D eigenvalue weighted by Crippen LogP contribution is 2.26. The number of fused-ring (bicyclic) bond motifs is 1. The van der Waals surface area contributed by atoms with E-state index in [2.05, 4.69) is 5.32 Å². The molecule has 7 heteroatoms. The maximum atomic E-state index is 12.5. The van der Waals surface area contributed by atoms with Crippen LogP contribution in [0.25, 0.3) is 0 Å². The molecule has 3 amide bonds. The SMILES string of the molecule is O=C(NC[C@@H]1CO[C@H](CN2C(=O)c3ccccc3C2=O)[C@H]1O)c1ccccc1. The molecule has 0 radical (unpaired) electrons. The number of hydrogen-bond donors (Lipinski definition) is 2. The van der Waals surface area contributed by atoms with E-state index in [1.807, 2.05) is 6.07 Å². The third-order valence-corrected chi connectivity index (χ3v) is 5.19. The van der Waals surface area contributed by atoms with Gasteiger partial charge in [-0.25, -0.2) is 0 Å². The van der Waals surface area contributed by atoms with Gasteiger partial charge in [-0.15, -0.1) is 0 Å². The first kappa shape index (κ1) is 18.3. The van der Waals surface area contributed by atoms with E-state index < -0.39 is 12.2 Å². The third kappa shape index (κ3) is 3.30. The smallest absolute Gasteiger partial charge is 0.261 e. The fourth-order valence-electron chi connectivity index (χ4n) is 3.59. The second kappa shape index (κ2) is 7.53. The maximum Gasteiger partial charge on any atom is 0.261 e. The minimum absolute atomic E-state index is 0.0172. The summed E-state index contributed by atoms with van der Waals surface area (Å²) in [6.45, 7) is 0.466. The Kier molecular flexibility index (Phi) is 4.93. The van der Waals surface area contributed by atoms with E-state index in [-0.39, 0.29) is 43.3 Å². The largest absolute Gasteiger partial charge is 0.390 e. The molecule has 0 unspecified atom stereocenters. The molecule has 1 saturated heterocycles. The Balaban J connectivity index is 1.35. The molecule has 0 aromatic heterocycles. The molecule has 0 aliphatic carbocycles. The topological polar surface area (TPSA) is 95.9 Å². The van der Waals surface area contributed by atoms with Gasteiger partial charge in [-0.2, -0.15) is 0 Å². The fourth-order valence-corrected chi connectivity index (χ4v) is 3.59. The fraction of sp³-hybridized carbons (Fsp3) is 0.286. The number of nitrogens with one attached hydrogen (secondary N) is 1. The molecule has 0 bridgehead atoms. The number of hydrogen-bond acceptors (Lipinski definition) is 5. The summed E-state index contributed by atoms with van der Waals surface area (Å²) in [5, 5.41) is 13.3. The van der Waals surface area contributed by atoms with Crippen LogP contribution < -0.4 is 5.32 Å². The maximum absolute atomic E-state index is 12.5. The molecule has 0 saturated carbocycles. The number of carbonyl (C=O) groups excluding carboxylic acids is 3. The van der Waals surface area contributed by atoms with Crippen molar-refractivity contribution in [2.45, 2.75) is 12.2 Å². The van der Waals surface area contributed by atoms with Crippen molar-refractivity contribution in [3.8, 4) is 0 Å². The lowest BCUT2D eigenvalue weighted by atomic mass is 10.0. The first-order chi connectivity index (χ1) is 13.6. The van der Waals surface area contributed by atoms with Gasteiger partial charge in [0.05, 0.1) is 30.4 Å². The minimum Gasteiger partial charge on any atom is -0.390 e. The van der Waals surface area contributed by atoms with Crippen LogP contribution in [0.15, 0.2) is 54.6 Å². The molecule has 1 fully saturated rings. The zero-order valence-corrected chi connectivity index (χ0v) is 15.1. The number of aliphatic hydroxyl groups excluding tert-OH is 1. The standard InChI is InChI=1S/C21H20N2O5/c24-18-14(10-22-19(25)13-6-2-1-3-7-13)12-28-17(18)11-23-20(26)15-8-4-5-9-16(15)21(23)27/h1-9,14,17-18,24H,10-12H2,(H,22,25)/t14-,17-,18+/m1/s1. The van der Waals surface area contributed by atoms with Crippen LogP contribution in [0.3, 0.4) is 0 Å².